The molecule has 2 rings (SSSR count). The molecule has 32 heavy (non-hydrogen) atoms. The number of rotatable bonds is 9. The molecule has 2 amide bonds. The molecule has 0 bridgehead atoms. The van der Waals surface area contributed by atoms with Crippen LogP contribution in [0.3, 0.4) is 0 Å². The lowest BCUT2D eigenvalue weighted by Crippen LogP contribution is -2.52. The molecule has 0 aliphatic carbocycles. The van der Waals surface area contributed by atoms with Crippen molar-refractivity contribution in [1.29, 1.82) is 0 Å². The van der Waals surface area contributed by atoms with E-state index in [9.17, 15) is 18.0 Å². The molecule has 0 saturated heterocycles. The van der Waals surface area contributed by atoms with E-state index in [4.69, 9.17) is 0 Å². The number of sulfonamides is 1. The van der Waals surface area contributed by atoms with Crippen LogP contribution in [-0.4, -0.2) is 50.0 Å². The van der Waals surface area contributed by atoms with Crippen LogP contribution in [0.4, 0.5) is 5.69 Å². The molecule has 0 aromatic heterocycles. The van der Waals surface area contributed by atoms with E-state index in [0.717, 1.165) is 26.2 Å². The molecule has 9 heteroatoms. The quantitative estimate of drug-likeness (QED) is 0.545. The number of anilines is 1. The van der Waals surface area contributed by atoms with Gasteiger partial charge in [0, 0.05) is 17.1 Å². The van der Waals surface area contributed by atoms with Crippen LogP contribution in [0, 0.1) is 6.92 Å². The standard InChI is InChI=1S/C23H30BrN3O4S/c1-16(2)25-23(29)18(4)26(14-19-8-6-7-17(3)13-19)22(28)15-27(32(5,30)31)21-11-9-20(24)10-12-21/h6-13,16,18H,14-15H2,1-5H3,(H,25,29)/t18-/m0/s1. The second-order valence-electron chi connectivity index (χ2n) is 8.10. The third-order valence-corrected chi connectivity index (χ3v) is 6.50. The van der Waals surface area contributed by atoms with Crippen molar-refractivity contribution in [2.24, 2.45) is 0 Å². The average Bonchev–Trinajstić information content (AvgIpc) is 2.69. The Labute approximate surface area is 199 Å². The molecule has 0 fully saturated rings. The van der Waals surface area contributed by atoms with Crippen molar-refractivity contribution in [1.82, 2.24) is 10.2 Å². The molecule has 174 valence electrons. The normalized spacial score (nSPS) is 12.3. The monoisotopic (exact) mass is 523 g/mol. The minimum Gasteiger partial charge on any atom is -0.352 e. The third kappa shape index (κ3) is 7.34. The summed E-state index contributed by atoms with van der Waals surface area (Å²) < 4.78 is 26.8. The summed E-state index contributed by atoms with van der Waals surface area (Å²) >= 11 is 3.33. The molecule has 0 aliphatic rings. The fourth-order valence-electron chi connectivity index (χ4n) is 3.22. The van der Waals surface area contributed by atoms with Crippen LogP contribution in [0.25, 0.3) is 0 Å². The lowest BCUT2D eigenvalue weighted by atomic mass is 10.1. The summed E-state index contributed by atoms with van der Waals surface area (Å²) in [7, 11) is -3.73. The van der Waals surface area contributed by atoms with Crippen molar-refractivity contribution in [3.05, 3.63) is 64.1 Å². The Morgan fingerprint density at radius 3 is 2.22 bits per heavy atom. The van der Waals surface area contributed by atoms with E-state index in [1.807, 2.05) is 45.0 Å². The summed E-state index contributed by atoms with van der Waals surface area (Å²) in [6.07, 6.45) is 1.06. The van der Waals surface area contributed by atoms with Crippen molar-refractivity contribution < 1.29 is 18.0 Å². The van der Waals surface area contributed by atoms with Gasteiger partial charge in [-0.1, -0.05) is 45.8 Å². The van der Waals surface area contributed by atoms with Crippen molar-refractivity contribution in [3.8, 4) is 0 Å². The van der Waals surface area contributed by atoms with Gasteiger partial charge in [0.25, 0.3) is 0 Å². The summed E-state index contributed by atoms with van der Waals surface area (Å²) in [6, 6.07) is 13.5. The van der Waals surface area contributed by atoms with Crippen LogP contribution in [0.15, 0.2) is 53.0 Å². The maximum absolute atomic E-state index is 13.4. The molecule has 2 aromatic carbocycles. The van der Waals surface area contributed by atoms with E-state index >= 15 is 0 Å². The number of hydrogen-bond donors (Lipinski definition) is 1. The second kappa shape index (κ2) is 11.0. The largest absolute Gasteiger partial charge is 0.352 e. The Hall–Kier alpha value is -2.39. The highest BCUT2D eigenvalue weighted by atomic mass is 79.9. The number of nitrogens with zero attached hydrogens (tertiary/aromatic N) is 2. The van der Waals surface area contributed by atoms with E-state index in [1.165, 1.54) is 4.90 Å². The molecule has 0 radical (unpaired) electrons. The number of benzene rings is 2. The Morgan fingerprint density at radius 1 is 1.06 bits per heavy atom. The van der Waals surface area contributed by atoms with Crippen LogP contribution < -0.4 is 9.62 Å². The highest BCUT2D eigenvalue weighted by molar-refractivity contribution is 9.10. The lowest BCUT2D eigenvalue weighted by Gasteiger charge is -2.32. The van der Waals surface area contributed by atoms with Gasteiger partial charge in [-0.2, -0.15) is 0 Å². The first-order chi connectivity index (χ1) is 14.9. The van der Waals surface area contributed by atoms with Crippen LogP contribution in [0.2, 0.25) is 0 Å². The zero-order valence-electron chi connectivity index (χ0n) is 19.0. The SMILES string of the molecule is Cc1cccc(CN(C(=O)CN(c2ccc(Br)cc2)S(C)(=O)=O)[C@@H](C)C(=O)NC(C)C)c1. The molecule has 0 unspecified atom stereocenters. The van der Waals surface area contributed by atoms with E-state index in [1.54, 1.807) is 31.2 Å². The first-order valence-corrected chi connectivity index (χ1v) is 12.9. The summed E-state index contributed by atoms with van der Waals surface area (Å²) in [6.45, 7) is 7.06. The van der Waals surface area contributed by atoms with Gasteiger partial charge in [-0.15, -0.1) is 0 Å². The predicted molar refractivity (Wildman–Crippen MR) is 131 cm³/mol. The Balaban J connectivity index is 2.38. The molecule has 0 spiro atoms. The summed E-state index contributed by atoms with van der Waals surface area (Å²) in [5, 5.41) is 2.83. The van der Waals surface area contributed by atoms with Gasteiger partial charge in [-0.3, -0.25) is 13.9 Å². The van der Waals surface area contributed by atoms with Gasteiger partial charge in [-0.25, -0.2) is 8.42 Å². The first-order valence-electron chi connectivity index (χ1n) is 10.3. The number of carbonyl (C=O) groups excluding carboxylic acids is 2. The Kier molecular flexibility index (Phi) is 8.86. The van der Waals surface area contributed by atoms with E-state index < -0.39 is 28.5 Å². The average molecular weight is 524 g/mol. The van der Waals surface area contributed by atoms with Crippen LogP contribution >= 0.6 is 15.9 Å². The molecule has 7 nitrogen and oxygen atoms in total. The number of nitrogens with one attached hydrogen (secondary N) is 1. The maximum Gasteiger partial charge on any atom is 0.244 e. The number of amides is 2. The van der Waals surface area contributed by atoms with Gasteiger partial charge in [0.1, 0.15) is 12.6 Å². The van der Waals surface area contributed by atoms with Gasteiger partial charge >= 0.3 is 0 Å². The van der Waals surface area contributed by atoms with Gasteiger partial charge in [-0.05, 0) is 57.5 Å². The predicted octanol–water partition coefficient (Wildman–Crippen LogP) is 3.47. The summed E-state index contributed by atoms with van der Waals surface area (Å²) in [5.74, 6) is -0.762. The molecule has 0 saturated carbocycles. The Bertz CT molecular complexity index is 1060. The fraction of sp³-hybridized carbons (Fsp3) is 0.391. The number of aryl methyl sites for hydroxylation is 1. The molecule has 1 N–H and O–H groups in total. The molecule has 1 atom stereocenters. The fourth-order valence-corrected chi connectivity index (χ4v) is 4.33. The maximum atomic E-state index is 13.4. The number of halogens is 1. The van der Waals surface area contributed by atoms with Gasteiger partial charge in [0.15, 0.2) is 0 Å². The number of carbonyl (C=O) groups is 2. The van der Waals surface area contributed by atoms with Crippen molar-refractivity contribution >= 4 is 43.5 Å². The van der Waals surface area contributed by atoms with Crippen molar-refractivity contribution in [2.75, 3.05) is 17.1 Å². The Morgan fingerprint density at radius 2 is 1.69 bits per heavy atom. The topological polar surface area (TPSA) is 86.8 Å². The van der Waals surface area contributed by atoms with E-state index in [-0.39, 0.29) is 18.5 Å². The van der Waals surface area contributed by atoms with Crippen LogP contribution in [0.1, 0.15) is 31.9 Å². The van der Waals surface area contributed by atoms with E-state index in [0.29, 0.717) is 5.69 Å². The van der Waals surface area contributed by atoms with Crippen molar-refractivity contribution in [3.63, 3.8) is 0 Å². The van der Waals surface area contributed by atoms with Gasteiger partial charge < -0.3 is 10.2 Å². The molecule has 0 aliphatic heterocycles. The first kappa shape index (κ1) is 25.9. The molecule has 0 heterocycles. The third-order valence-electron chi connectivity index (χ3n) is 4.83. The highest BCUT2D eigenvalue weighted by Crippen LogP contribution is 2.21. The summed E-state index contributed by atoms with van der Waals surface area (Å²) in [5.41, 5.74) is 2.26. The van der Waals surface area contributed by atoms with Crippen molar-refractivity contribution in [2.45, 2.75) is 46.3 Å². The zero-order valence-corrected chi connectivity index (χ0v) is 21.4. The second-order valence-corrected chi connectivity index (χ2v) is 10.9. The lowest BCUT2D eigenvalue weighted by molar-refractivity contribution is -0.139. The minimum absolute atomic E-state index is 0.0869. The smallest absolute Gasteiger partial charge is 0.244 e. The van der Waals surface area contributed by atoms with Crippen LogP contribution in [0.5, 0.6) is 0 Å². The van der Waals surface area contributed by atoms with Gasteiger partial charge in [0.05, 0.1) is 11.9 Å². The zero-order chi connectivity index (χ0) is 24.1. The van der Waals surface area contributed by atoms with Crippen LogP contribution in [-0.2, 0) is 26.2 Å². The molecule has 2 aromatic rings. The summed E-state index contributed by atoms with van der Waals surface area (Å²) in [4.78, 5) is 27.5. The minimum atomic E-state index is -3.73. The molecular weight excluding hydrogens is 494 g/mol. The highest BCUT2D eigenvalue weighted by Gasteiger charge is 2.30. The van der Waals surface area contributed by atoms with Gasteiger partial charge in [0.2, 0.25) is 21.8 Å². The number of hydrogen-bond acceptors (Lipinski definition) is 4. The molecular formula is C23H30BrN3O4S. The van der Waals surface area contributed by atoms with E-state index in [2.05, 4.69) is 21.2 Å².